The number of aryl methyl sites for hydroxylation is 1. The van der Waals surface area contributed by atoms with Gasteiger partial charge in [-0.15, -0.1) is 0 Å². The molecule has 2 aliphatic heterocycles. The number of likely N-dealkylation sites (tertiary alicyclic amines) is 1. The molecular weight excluding hydrogens is 335 g/mol. The molecule has 0 aromatic heterocycles. The summed E-state index contributed by atoms with van der Waals surface area (Å²) in [6.07, 6.45) is 0.270. The highest BCUT2D eigenvalue weighted by Crippen LogP contribution is 2.37. The van der Waals surface area contributed by atoms with Crippen LogP contribution in [0.15, 0.2) is 48.5 Å². The number of carbonyl (C=O) groups is 2. The molecule has 134 valence electrons. The number of carbonyl (C=O) groups excluding carboxylic acids is 2. The highest BCUT2D eigenvalue weighted by atomic mass is 19.1. The van der Waals surface area contributed by atoms with Gasteiger partial charge in [-0.25, -0.2) is 9.45 Å². The van der Waals surface area contributed by atoms with E-state index in [1.165, 1.54) is 23.3 Å². The van der Waals surface area contributed by atoms with Gasteiger partial charge in [-0.2, -0.15) is 0 Å². The van der Waals surface area contributed by atoms with Crippen LogP contribution in [-0.2, 0) is 16.2 Å². The lowest BCUT2D eigenvalue weighted by Gasteiger charge is -2.46. The number of benzene rings is 2. The van der Waals surface area contributed by atoms with Crippen LogP contribution in [0.5, 0.6) is 0 Å². The van der Waals surface area contributed by atoms with Gasteiger partial charge in [0.1, 0.15) is 11.4 Å². The van der Waals surface area contributed by atoms with E-state index in [4.69, 9.17) is 4.84 Å². The van der Waals surface area contributed by atoms with Crippen molar-refractivity contribution < 1.29 is 18.8 Å². The Morgan fingerprint density at radius 1 is 1.19 bits per heavy atom. The second-order valence-electron chi connectivity index (χ2n) is 6.99. The van der Waals surface area contributed by atoms with E-state index >= 15 is 0 Å². The van der Waals surface area contributed by atoms with Crippen LogP contribution in [0.2, 0.25) is 0 Å². The molecule has 2 amide bonds. The Balaban J connectivity index is 1.41. The van der Waals surface area contributed by atoms with E-state index in [-0.39, 0.29) is 24.1 Å². The summed E-state index contributed by atoms with van der Waals surface area (Å²) < 4.78 is 13.2. The van der Waals surface area contributed by atoms with Crippen LogP contribution in [0.4, 0.5) is 4.39 Å². The quantitative estimate of drug-likeness (QED) is 0.852. The maximum Gasteiger partial charge on any atom is 0.254 e. The maximum absolute atomic E-state index is 13.2. The fourth-order valence-corrected chi connectivity index (χ4v) is 3.55. The molecule has 6 heteroatoms. The average Bonchev–Trinajstić information content (AvgIpc) is 2.91. The lowest BCUT2D eigenvalue weighted by Crippen LogP contribution is -2.63. The van der Waals surface area contributed by atoms with Crippen molar-refractivity contribution >= 4 is 11.8 Å². The summed E-state index contributed by atoms with van der Waals surface area (Å²) in [6, 6.07) is 13.8. The van der Waals surface area contributed by atoms with E-state index < -0.39 is 5.60 Å². The molecule has 2 heterocycles. The summed E-state index contributed by atoms with van der Waals surface area (Å²) in [5, 5.41) is 1.39. The maximum atomic E-state index is 13.2. The second kappa shape index (κ2) is 6.21. The van der Waals surface area contributed by atoms with Crippen LogP contribution >= 0.6 is 0 Å². The first-order valence-corrected chi connectivity index (χ1v) is 8.55. The van der Waals surface area contributed by atoms with Gasteiger partial charge in [0.2, 0.25) is 5.91 Å². The van der Waals surface area contributed by atoms with Crippen LogP contribution in [-0.4, -0.2) is 40.5 Å². The number of amides is 2. The number of hydrogen-bond acceptors (Lipinski definition) is 3. The molecule has 0 unspecified atom stereocenters. The summed E-state index contributed by atoms with van der Waals surface area (Å²) in [7, 11) is 0. The van der Waals surface area contributed by atoms with Crippen molar-refractivity contribution in [2.75, 3.05) is 13.1 Å². The van der Waals surface area contributed by atoms with Gasteiger partial charge >= 0.3 is 0 Å². The molecule has 0 radical (unpaired) electrons. The summed E-state index contributed by atoms with van der Waals surface area (Å²) >= 11 is 0. The molecule has 2 aliphatic rings. The molecule has 1 spiro atoms. The highest BCUT2D eigenvalue weighted by Gasteiger charge is 2.54. The minimum atomic E-state index is -0.630. The molecule has 0 bridgehead atoms. The molecule has 26 heavy (non-hydrogen) atoms. The molecule has 5 nitrogen and oxygen atoms in total. The summed E-state index contributed by atoms with van der Waals surface area (Å²) in [5.41, 5.74) is 1.44. The Bertz CT molecular complexity index is 863. The van der Waals surface area contributed by atoms with Gasteiger partial charge in [0.05, 0.1) is 26.1 Å². The molecule has 0 N–H and O–H groups in total. The number of nitrogens with zero attached hydrogens (tertiary/aromatic N) is 2. The average molecular weight is 354 g/mol. The van der Waals surface area contributed by atoms with Gasteiger partial charge in [0.25, 0.3) is 5.91 Å². The molecule has 2 aromatic carbocycles. The first-order chi connectivity index (χ1) is 12.5. The third-order valence-electron chi connectivity index (χ3n) is 4.89. The Morgan fingerprint density at radius 3 is 2.62 bits per heavy atom. The van der Waals surface area contributed by atoms with Crippen molar-refractivity contribution in [3.05, 3.63) is 71.0 Å². The number of hydroxylamine groups is 2. The van der Waals surface area contributed by atoms with Crippen molar-refractivity contribution in [1.29, 1.82) is 0 Å². The fraction of sp³-hybridized carbons (Fsp3) is 0.300. The fourth-order valence-electron chi connectivity index (χ4n) is 3.55. The van der Waals surface area contributed by atoms with Gasteiger partial charge < -0.3 is 4.90 Å². The molecule has 0 aliphatic carbocycles. The van der Waals surface area contributed by atoms with Crippen LogP contribution < -0.4 is 0 Å². The van der Waals surface area contributed by atoms with Gasteiger partial charge in [0.15, 0.2) is 0 Å². The number of hydrogen-bond donors (Lipinski definition) is 0. The van der Waals surface area contributed by atoms with Crippen molar-refractivity contribution in [2.24, 2.45) is 0 Å². The lowest BCUT2D eigenvalue weighted by atomic mass is 9.90. The van der Waals surface area contributed by atoms with Crippen LogP contribution in [0.1, 0.15) is 27.9 Å². The Kier molecular flexibility index (Phi) is 4.00. The Labute approximate surface area is 150 Å². The molecule has 2 saturated heterocycles. The second-order valence-corrected chi connectivity index (χ2v) is 6.99. The van der Waals surface area contributed by atoms with Crippen LogP contribution in [0.25, 0.3) is 0 Å². The van der Waals surface area contributed by atoms with E-state index in [1.54, 1.807) is 11.8 Å². The van der Waals surface area contributed by atoms with E-state index in [1.807, 2.05) is 30.3 Å². The monoisotopic (exact) mass is 354 g/mol. The molecule has 0 saturated carbocycles. The molecular formula is C20H19FN2O3. The van der Waals surface area contributed by atoms with Crippen molar-refractivity contribution in [1.82, 2.24) is 9.96 Å². The van der Waals surface area contributed by atoms with E-state index in [0.29, 0.717) is 30.8 Å². The van der Waals surface area contributed by atoms with Gasteiger partial charge in [-0.1, -0.05) is 30.3 Å². The zero-order chi connectivity index (χ0) is 18.3. The summed E-state index contributed by atoms with van der Waals surface area (Å²) in [6.45, 7) is 2.83. The largest absolute Gasteiger partial charge is 0.332 e. The molecule has 2 fully saturated rings. The minimum absolute atomic E-state index is 0.0704. The number of rotatable bonds is 3. The highest BCUT2D eigenvalue weighted by molar-refractivity contribution is 5.96. The molecule has 0 atom stereocenters. The zero-order valence-corrected chi connectivity index (χ0v) is 14.4. The first kappa shape index (κ1) is 16.7. The van der Waals surface area contributed by atoms with Gasteiger partial charge in [-0.05, 0) is 36.2 Å². The lowest BCUT2D eigenvalue weighted by molar-refractivity contribution is -0.233. The van der Waals surface area contributed by atoms with Crippen molar-refractivity contribution in [3.63, 3.8) is 0 Å². The first-order valence-electron chi connectivity index (χ1n) is 8.55. The van der Waals surface area contributed by atoms with Crippen LogP contribution in [0, 0.1) is 12.7 Å². The van der Waals surface area contributed by atoms with Crippen LogP contribution in [0.3, 0.4) is 0 Å². The number of halogens is 1. The topological polar surface area (TPSA) is 49.9 Å². The normalized spacial score (nSPS) is 18.3. The standard InChI is InChI=1S/C20H19FN2O3/c1-14-9-16(21)7-8-17(14)19(25)22-12-20(13-22)10-18(24)23(26-20)11-15-5-3-2-4-6-15/h2-9H,10-13H2,1H3. The Hall–Kier alpha value is -2.73. The summed E-state index contributed by atoms with van der Waals surface area (Å²) in [4.78, 5) is 32.4. The van der Waals surface area contributed by atoms with Gasteiger partial charge in [0, 0.05) is 5.56 Å². The Morgan fingerprint density at radius 2 is 1.92 bits per heavy atom. The van der Waals surface area contributed by atoms with Crippen molar-refractivity contribution in [3.8, 4) is 0 Å². The predicted molar refractivity (Wildman–Crippen MR) is 92.5 cm³/mol. The van der Waals surface area contributed by atoms with Gasteiger partial charge in [-0.3, -0.25) is 14.4 Å². The smallest absolute Gasteiger partial charge is 0.254 e. The van der Waals surface area contributed by atoms with Crippen molar-refractivity contribution in [2.45, 2.75) is 25.5 Å². The van der Waals surface area contributed by atoms with E-state index in [2.05, 4.69) is 0 Å². The summed E-state index contributed by atoms with van der Waals surface area (Å²) in [5.74, 6) is -0.593. The van der Waals surface area contributed by atoms with E-state index in [9.17, 15) is 14.0 Å². The predicted octanol–water partition coefficient (Wildman–Crippen LogP) is 2.69. The minimum Gasteiger partial charge on any atom is -0.332 e. The third kappa shape index (κ3) is 2.97. The zero-order valence-electron chi connectivity index (χ0n) is 14.4. The molecule has 2 aromatic rings. The third-order valence-corrected chi connectivity index (χ3v) is 4.89. The molecule has 4 rings (SSSR count). The SMILES string of the molecule is Cc1cc(F)ccc1C(=O)N1CC2(CC(=O)N(Cc3ccccc3)O2)C1. The van der Waals surface area contributed by atoms with E-state index in [0.717, 1.165) is 5.56 Å².